The normalized spacial score (nSPS) is 12.8. The van der Waals surface area contributed by atoms with Crippen LogP contribution in [0.4, 0.5) is 5.69 Å². The average molecular weight is 348 g/mol. The Bertz CT molecular complexity index is 848. The van der Waals surface area contributed by atoms with Crippen LogP contribution in [0.1, 0.15) is 29.5 Å². The molecule has 0 bridgehead atoms. The highest BCUT2D eigenvalue weighted by Crippen LogP contribution is 2.25. The fraction of sp³-hybridized carbons (Fsp3) is 0.294. The van der Waals surface area contributed by atoms with E-state index in [4.69, 9.17) is 0 Å². The monoisotopic (exact) mass is 348 g/mol. The van der Waals surface area contributed by atoms with E-state index in [1.165, 1.54) is 6.07 Å². The van der Waals surface area contributed by atoms with Gasteiger partial charge in [-0.05, 0) is 36.5 Å². The summed E-state index contributed by atoms with van der Waals surface area (Å²) in [6, 6.07) is 12.0. The smallest absolute Gasteiger partial charge is 0.258 e. The van der Waals surface area contributed by atoms with Gasteiger partial charge in [-0.3, -0.25) is 10.1 Å². The van der Waals surface area contributed by atoms with Gasteiger partial charge in [0.05, 0.1) is 9.82 Å². The number of rotatable bonds is 6. The topological polar surface area (TPSA) is 89.3 Å². The molecule has 6 nitrogen and oxygen atoms in total. The van der Waals surface area contributed by atoms with Crippen LogP contribution >= 0.6 is 0 Å². The van der Waals surface area contributed by atoms with Gasteiger partial charge in [0.15, 0.2) is 0 Å². The summed E-state index contributed by atoms with van der Waals surface area (Å²) in [6.45, 7) is 5.44. The number of aryl methyl sites for hydroxylation is 1. The van der Waals surface area contributed by atoms with Gasteiger partial charge in [-0.25, -0.2) is 13.1 Å². The molecule has 0 heterocycles. The molecule has 7 heteroatoms. The van der Waals surface area contributed by atoms with E-state index in [1.54, 1.807) is 13.8 Å². The van der Waals surface area contributed by atoms with Crippen molar-refractivity contribution in [3.8, 4) is 0 Å². The van der Waals surface area contributed by atoms with E-state index in [0.717, 1.165) is 11.6 Å². The van der Waals surface area contributed by atoms with Crippen LogP contribution in [-0.4, -0.2) is 19.9 Å². The Morgan fingerprint density at radius 1 is 1.17 bits per heavy atom. The molecule has 0 aromatic heterocycles. The highest BCUT2D eigenvalue weighted by molar-refractivity contribution is 7.89. The van der Waals surface area contributed by atoms with E-state index >= 15 is 0 Å². The number of nitro groups is 1. The zero-order valence-corrected chi connectivity index (χ0v) is 14.6. The molecule has 128 valence electrons. The highest BCUT2D eigenvalue weighted by atomic mass is 32.2. The van der Waals surface area contributed by atoms with Crippen molar-refractivity contribution in [1.82, 2.24) is 4.72 Å². The molecule has 1 unspecified atom stereocenters. The molecule has 2 aromatic rings. The molecule has 2 rings (SSSR count). The highest BCUT2D eigenvalue weighted by Gasteiger charge is 2.22. The van der Waals surface area contributed by atoms with Gasteiger partial charge in [-0.15, -0.1) is 0 Å². The van der Waals surface area contributed by atoms with Crippen LogP contribution in [0, 0.1) is 24.0 Å². The summed E-state index contributed by atoms with van der Waals surface area (Å²) in [5.41, 5.74) is 1.88. The fourth-order valence-electron chi connectivity index (χ4n) is 2.41. The first kappa shape index (κ1) is 18.1. The minimum absolute atomic E-state index is 0.0129. The van der Waals surface area contributed by atoms with Gasteiger partial charge in [-0.1, -0.05) is 37.3 Å². The summed E-state index contributed by atoms with van der Waals surface area (Å²) < 4.78 is 27.7. The van der Waals surface area contributed by atoms with Gasteiger partial charge in [-0.2, -0.15) is 0 Å². The lowest BCUT2D eigenvalue weighted by molar-refractivity contribution is -0.385. The second-order valence-electron chi connectivity index (χ2n) is 5.81. The number of nitrogens with one attached hydrogen (secondary N) is 1. The van der Waals surface area contributed by atoms with Gasteiger partial charge < -0.3 is 0 Å². The number of hydrogen-bond acceptors (Lipinski definition) is 4. The molecule has 0 aliphatic carbocycles. The van der Waals surface area contributed by atoms with Crippen LogP contribution in [0.5, 0.6) is 0 Å². The second kappa shape index (κ2) is 7.11. The van der Waals surface area contributed by atoms with Crippen LogP contribution in [0.3, 0.4) is 0 Å². The predicted octanol–water partition coefficient (Wildman–Crippen LogP) is 3.29. The zero-order chi connectivity index (χ0) is 17.9. The Morgan fingerprint density at radius 3 is 2.38 bits per heavy atom. The first-order valence-electron chi connectivity index (χ1n) is 7.52. The van der Waals surface area contributed by atoms with Crippen molar-refractivity contribution in [2.75, 3.05) is 6.54 Å². The van der Waals surface area contributed by atoms with E-state index in [1.807, 2.05) is 37.3 Å². The lowest BCUT2D eigenvalue weighted by Gasteiger charge is -2.15. The fourth-order valence-corrected chi connectivity index (χ4v) is 3.87. The molecule has 0 aliphatic rings. The summed E-state index contributed by atoms with van der Waals surface area (Å²) in [5.74, 6) is -0.0129. The second-order valence-corrected chi connectivity index (χ2v) is 7.54. The third kappa shape index (κ3) is 3.98. The minimum atomic E-state index is -3.83. The molecule has 0 amide bonds. The van der Waals surface area contributed by atoms with E-state index in [2.05, 4.69) is 4.72 Å². The lowest BCUT2D eigenvalue weighted by atomic mass is 10.0. The Morgan fingerprint density at radius 2 is 1.79 bits per heavy atom. The van der Waals surface area contributed by atoms with E-state index in [9.17, 15) is 18.5 Å². The number of benzene rings is 2. The van der Waals surface area contributed by atoms with Crippen molar-refractivity contribution < 1.29 is 13.3 Å². The Hall–Kier alpha value is -2.25. The van der Waals surface area contributed by atoms with Crippen molar-refractivity contribution in [2.45, 2.75) is 31.6 Å². The predicted molar refractivity (Wildman–Crippen MR) is 92.6 cm³/mol. The van der Waals surface area contributed by atoms with Crippen molar-refractivity contribution in [2.24, 2.45) is 0 Å². The quantitative estimate of drug-likeness (QED) is 0.641. The molecule has 0 aliphatic heterocycles. The third-order valence-electron chi connectivity index (χ3n) is 4.05. The zero-order valence-electron chi connectivity index (χ0n) is 13.8. The Balaban J connectivity index is 2.26. The number of hydrogen-bond donors (Lipinski definition) is 1. The van der Waals surface area contributed by atoms with Gasteiger partial charge >= 0.3 is 0 Å². The molecular weight excluding hydrogens is 328 g/mol. The van der Waals surface area contributed by atoms with Crippen LogP contribution in [0.25, 0.3) is 0 Å². The van der Waals surface area contributed by atoms with E-state index in [-0.39, 0.29) is 23.0 Å². The largest absolute Gasteiger partial charge is 0.271 e. The summed E-state index contributed by atoms with van der Waals surface area (Å²) >= 11 is 0. The maximum Gasteiger partial charge on any atom is 0.271 e. The molecule has 0 saturated heterocycles. The number of nitrogens with zero attached hydrogens (tertiary/aromatic N) is 1. The third-order valence-corrected chi connectivity index (χ3v) is 5.60. The summed E-state index contributed by atoms with van der Waals surface area (Å²) in [6.07, 6.45) is 0. The summed E-state index contributed by atoms with van der Waals surface area (Å²) in [4.78, 5) is 10.4. The molecule has 2 aromatic carbocycles. The van der Waals surface area contributed by atoms with Crippen molar-refractivity contribution in [3.63, 3.8) is 0 Å². The van der Waals surface area contributed by atoms with E-state index < -0.39 is 14.9 Å². The van der Waals surface area contributed by atoms with Crippen LogP contribution < -0.4 is 4.72 Å². The van der Waals surface area contributed by atoms with Crippen LogP contribution in [0.2, 0.25) is 0 Å². The van der Waals surface area contributed by atoms with Gasteiger partial charge in [0.1, 0.15) is 0 Å². The summed E-state index contributed by atoms with van der Waals surface area (Å²) in [5, 5.41) is 11.0. The van der Waals surface area contributed by atoms with E-state index in [0.29, 0.717) is 11.1 Å². The number of non-ortho nitro benzene ring substituents is 1. The first-order valence-corrected chi connectivity index (χ1v) is 9.01. The standard InChI is InChI=1S/C17H20N2O4S/c1-12-9-16(19(20)21)10-17(14(12)3)24(22,23)18-11-13(2)15-7-5-4-6-8-15/h4-10,13,18H,11H2,1-3H3. The Labute approximate surface area is 141 Å². The average Bonchev–Trinajstić information content (AvgIpc) is 2.55. The van der Waals surface area contributed by atoms with Gasteiger partial charge in [0.2, 0.25) is 10.0 Å². The summed E-state index contributed by atoms with van der Waals surface area (Å²) in [7, 11) is -3.83. The molecule has 0 fully saturated rings. The lowest BCUT2D eigenvalue weighted by Crippen LogP contribution is -2.28. The number of nitro benzene ring substituents is 1. The molecular formula is C17H20N2O4S. The minimum Gasteiger partial charge on any atom is -0.258 e. The SMILES string of the molecule is Cc1cc([N+](=O)[O-])cc(S(=O)(=O)NCC(C)c2ccccc2)c1C. The van der Waals surface area contributed by atoms with Crippen LogP contribution in [0.15, 0.2) is 47.4 Å². The molecule has 24 heavy (non-hydrogen) atoms. The first-order chi connectivity index (χ1) is 11.2. The molecule has 0 spiro atoms. The Kier molecular flexibility index (Phi) is 5.36. The van der Waals surface area contributed by atoms with Crippen LogP contribution in [-0.2, 0) is 10.0 Å². The van der Waals surface area contributed by atoms with Crippen molar-refractivity contribution >= 4 is 15.7 Å². The molecule has 0 saturated carbocycles. The van der Waals surface area contributed by atoms with Crippen molar-refractivity contribution in [1.29, 1.82) is 0 Å². The molecule has 1 atom stereocenters. The molecule has 0 radical (unpaired) electrons. The molecule has 1 N–H and O–H groups in total. The maximum absolute atomic E-state index is 12.6. The van der Waals surface area contributed by atoms with Gasteiger partial charge in [0.25, 0.3) is 5.69 Å². The van der Waals surface area contributed by atoms with Gasteiger partial charge in [0, 0.05) is 18.7 Å². The number of sulfonamides is 1. The van der Waals surface area contributed by atoms with Crippen molar-refractivity contribution in [3.05, 3.63) is 69.3 Å². The maximum atomic E-state index is 12.6.